The van der Waals surface area contributed by atoms with Crippen molar-refractivity contribution in [1.29, 1.82) is 0 Å². The number of carbonyl (C=O) groups excluding carboxylic acids is 1. The van der Waals surface area contributed by atoms with Crippen molar-refractivity contribution in [3.05, 3.63) is 35.4 Å². The van der Waals surface area contributed by atoms with E-state index in [0.717, 1.165) is 36.1 Å². The van der Waals surface area contributed by atoms with Crippen molar-refractivity contribution < 1.29 is 24.1 Å². The van der Waals surface area contributed by atoms with Crippen molar-refractivity contribution in [2.24, 2.45) is 5.92 Å². The second-order valence-electron chi connectivity index (χ2n) is 7.66. The number of ether oxygens (including phenoxy) is 3. The van der Waals surface area contributed by atoms with Gasteiger partial charge in [-0.25, -0.2) is 4.79 Å². The Morgan fingerprint density at radius 1 is 1.37 bits per heavy atom. The molecular weight excluding hydrogens is 346 g/mol. The summed E-state index contributed by atoms with van der Waals surface area (Å²) in [6.45, 7) is 2.16. The van der Waals surface area contributed by atoms with E-state index in [2.05, 4.69) is 24.4 Å². The Hall–Kier alpha value is -2.21. The number of methoxy groups -OCH3 is 2. The quantitative estimate of drug-likeness (QED) is 0.776. The summed E-state index contributed by atoms with van der Waals surface area (Å²) < 4.78 is 16.8. The molecule has 2 N–H and O–H groups in total. The molecule has 0 aromatic heterocycles. The number of alkyl carbamates (subject to hydrolysis) is 1. The van der Waals surface area contributed by atoms with Crippen LogP contribution in [0.4, 0.5) is 4.79 Å². The van der Waals surface area contributed by atoms with Crippen LogP contribution in [0.3, 0.4) is 0 Å². The Bertz CT molecular complexity index is 776. The van der Waals surface area contributed by atoms with Gasteiger partial charge in [0.2, 0.25) is 0 Å². The monoisotopic (exact) mass is 373 g/mol. The van der Waals surface area contributed by atoms with Gasteiger partial charge in [0, 0.05) is 22.9 Å². The first-order chi connectivity index (χ1) is 13.1. The van der Waals surface area contributed by atoms with Gasteiger partial charge in [-0.15, -0.1) is 0 Å². The van der Waals surface area contributed by atoms with Crippen molar-refractivity contribution in [2.45, 2.75) is 56.3 Å². The second kappa shape index (κ2) is 6.75. The van der Waals surface area contributed by atoms with Crippen molar-refractivity contribution in [1.82, 2.24) is 5.32 Å². The summed E-state index contributed by atoms with van der Waals surface area (Å²) in [5.74, 6) is 1.47. The number of rotatable bonds is 5. The molecule has 1 aromatic rings. The SMILES string of the molecule is CCCC[C@]12c3c4ccc(OC)c3OC1C(O)C=CC2C(NC(=O)OC)C4. The smallest absolute Gasteiger partial charge is 0.407 e. The number of amides is 1. The minimum absolute atomic E-state index is 0.0254. The fraction of sp³-hybridized carbons (Fsp3) is 0.571. The molecular formula is C21H27NO5. The van der Waals surface area contributed by atoms with Gasteiger partial charge in [0.1, 0.15) is 12.2 Å². The van der Waals surface area contributed by atoms with E-state index < -0.39 is 12.2 Å². The number of nitrogens with one attached hydrogen (secondary N) is 1. The van der Waals surface area contributed by atoms with Crippen LogP contribution in [-0.4, -0.2) is 43.7 Å². The molecule has 0 fully saturated rings. The largest absolute Gasteiger partial charge is 0.493 e. The molecule has 0 saturated carbocycles. The summed E-state index contributed by atoms with van der Waals surface area (Å²) >= 11 is 0. The van der Waals surface area contributed by atoms with Crippen LogP contribution in [0.25, 0.3) is 0 Å². The molecule has 1 amide bonds. The minimum Gasteiger partial charge on any atom is -0.493 e. The van der Waals surface area contributed by atoms with Crippen LogP contribution in [0.5, 0.6) is 11.5 Å². The topological polar surface area (TPSA) is 77.0 Å². The maximum Gasteiger partial charge on any atom is 0.407 e. The second-order valence-corrected chi connectivity index (χ2v) is 7.66. The summed E-state index contributed by atoms with van der Waals surface area (Å²) in [6.07, 6.45) is 5.98. The lowest BCUT2D eigenvalue weighted by Gasteiger charge is -2.50. The van der Waals surface area contributed by atoms with Crippen LogP contribution in [0, 0.1) is 5.92 Å². The maximum absolute atomic E-state index is 12.0. The van der Waals surface area contributed by atoms with Gasteiger partial charge < -0.3 is 24.6 Å². The number of hydrogen-bond donors (Lipinski definition) is 2. The Labute approximate surface area is 159 Å². The summed E-state index contributed by atoms with van der Waals surface area (Å²) in [7, 11) is 3.02. The Balaban J connectivity index is 1.90. The predicted octanol–water partition coefficient (Wildman–Crippen LogP) is 2.71. The van der Waals surface area contributed by atoms with E-state index in [9.17, 15) is 9.90 Å². The third-order valence-electron chi connectivity index (χ3n) is 6.37. The zero-order valence-corrected chi connectivity index (χ0v) is 16.0. The van der Waals surface area contributed by atoms with Gasteiger partial charge in [0.25, 0.3) is 0 Å². The molecule has 3 aliphatic rings. The first-order valence-corrected chi connectivity index (χ1v) is 9.64. The molecule has 6 nitrogen and oxygen atoms in total. The number of carbonyl (C=O) groups is 1. The van der Waals surface area contributed by atoms with Gasteiger partial charge in [-0.1, -0.05) is 38.0 Å². The molecule has 1 heterocycles. The van der Waals surface area contributed by atoms with E-state index in [1.54, 1.807) is 13.2 Å². The molecule has 6 heteroatoms. The third-order valence-corrected chi connectivity index (χ3v) is 6.37. The van der Waals surface area contributed by atoms with Gasteiger partial charge in [0.05, 0.1) is 14.2 Å². The molecule has 2 aliphatic carbocycles. The highest BCUT2D eigenvalue weighted by atomic mass is 16.5. The number of unbranched alkanes of at least 4 members (excludes halogenated alkanes) is 1. The highest BCUT2D eigenvalue weighted by molar-refractivity contribution is 5.69. The van der Waals surface area contributed by atoms with Gasteiger partial charge >= 0.3 is 6.09 Å². The highest BCUT2D eigenvalue weighted by Crippen LogP contribution is 2.60. The molecule has 0 radical (unpaired) electrons. The standard InChI is InChI=1S/C21H27NO5/c1-4-5-10-21-13-7-8-15(23)19(21)27-18-16(25-2)9-6-12(17(18)21)11-14(13)22-20(24)26-3/h6-9,13-15,19,23H,4-5,10-11H2,1-3H3,(H,22,24)/t13?,14?,15?,19?,21-/m0/s1. The summed E-state index contributed by atoms with van der Waals surface area (Å²) in [5.41, 5.74) is 1.91. The van der Waals surface area contributed by atoms with Crippen molar-refractivity contribution in [2.75, 3.05) is 14.2 Å². The van der Waals surface area contributed by atoms with E-state index in [0.29, 0.717) is 12.2 Å². The fourth-order valence-electron chi connectivity index (χ4n) is 5.29. The number of benzene rings is 1. The van der Waals surface area contributed by atoms with E-state index in [1.165, 1.54) is 7.11 Å². The normalized spacial score (nSPS) is 32.4. The molecule has 1 aliphatic heterocycles. The molecule has 4 unspecified atom stereocenters. The lowest BCUT2D eigenvalue weighted by molar-refractivity contribution is -0.00781. The molecule has 27 heavy (non-hydrogen) atoms. The zero-order valence-electron chi connectivity index (χ0n) is 16.0. The predicted molar refractivity (Wildman–Crippen MR) is 100 cm³/mol. The summed E-state index contributed by atoms with van der Waals surface area (Å²) in [5, 5.41) is 13.8. The van der Waals surface area contributed by atoms with Crippen LogP contribution in [0.1, 0.15) is 37.3 Å². The average molecular weight is 373 g/mol. The van der Waals surface area contributed by atoms with E-state index in [1.807, 2.05) is 6.07 Å². The van der Waals surface area contributed by atoms with Crippen molar-refractivity contribution in [3.8, 4) is 11.5 Å². The van der Waals surface area contributed by atoms with Gasteiger partial charge in [-0.05, 0) is 24.5 Å². The van der Waals surface area contributed by atoms with Crippen molar-refractivity contribution in [3.63, 3.8) is 0 Å². The summed E-state index contributed by atoms with van der Waals surface area (Å²) in [4.78, 5) is 12.0. The molecule has 0 spiro atoms. The molecule has 1 aromatic carbocycles. The van der Waals surface area contributed by atoms with Crippen LogP contribution in [0.2, 0.25) is 0 Å². The Kier molecular flexibility index (Phi) is 4.54. The first-order valence-electron chi connectivity index (χ1n) is 9.64. The molecule has 4 rings (SSSR count). The number of aliphatic hydroxyl groups excluding tert-OH is 1. The molecule has 5 atom stereocenters. The first kappa shape index (κ1) is 18.2. The van der Waals surface area contributed by atoms with Crippen LogP contribution >= 0.6 is 0 Å². The average Bonchev–Trinajstić information content (AvgIpc) is 3.04. The lowest BCUT2D eigenvalue weighted by Crippen LogP contribution is -2.60. The fourth-order valence-corrected chi connectivity index (χ4v) is 5.29. The van der Waals surface area contributed by atoms with Gasteiger partial charge in [-0.3, -0.25) is 0 Å². The molecule has 0 saturated heterocycles. The Morgan fingerprint density at radius 3 is 2.89 bits per heavy atom. The zero-order chi connectivity index (χ0) is 19.2. The Morgan fingerprint density at radius 2 is 2.19 bits per heavy atom. The van der Waals surface area contributed by atoms with Crippen LogP contribution in [0.15, 0.2) is 24.3 Å². The van der Waals surface area contributed by atoms with Crippen LogP contribution < -0.4 is 14.8 Å². The lowest BCUT2D eigenvalue weighted by atomic mass is 9.55. The van der Waals surface area contributed by atoms with Crippen molar-refractivity contribution >= 4 is 6.09 Å². The number of aliphatic hydroxyl groups is 1. The van der Waals surface area contributed by atoms with E-state index in [-0.39, 0.29) is 23.5 Å². The van der Waals surface area contributed by atoms with Gasteiger partial charge in [-0.2, -0.15) is 0 Å². The minimum atomic E-state index is -0.695. The van der Waals surface area contributed by atoms with Gasteiger partial charge in [0.15, 0.2) is 11.5 Å². The number of hydrogen-bond acceptors (Lipinski definition) is 5. The highest BCUT2D eigenvalue weighted by Gasteiger charge is 2.62. The van der Waals surface area contributed by atoms with E-state index in [4.69, 9.17) is 14.2 Å². The third kappa shape index (κ3) is 2.53. The molecule has 0 bridgehead atoms. The summed E-state index contributed by atoms with van der Waals surface area (Å²) in [6, 6.07) is 3.86. The maximum atomic E-state index is 12.0. The van der Waals surface area contributed by atoms with Crippen LogP contribution in [-0.2, 0) is 16.6 Å². The molecule has 146 valence electrons. The van der Waals surface area contributed by atoms with E-state index >= 15 is 0 Å².